The van der Waals surface area contributed by atoms with E-state index in [1.165, 1.54) is 7.11 Å². The lowest BCUT2D eigenvalue weighted by Gasteiger charge is -2.10. The van der Waals surface area contributed by atoms with E-state index in [0.717, 1.165) is 0 Å². The highest BCUT2D eigenvalue weighted by molar-refractivity contribution is 6.59. The lowest BCUT2D eigenvalue weighted by molar-refractivity contribution is 0.0587. The minimum absolute atomic E-state index is 0.0314. The average Bonchev–Trinajstić information content (AvgIpc) is 2.78. The monoisotopic (exact) mass is 266 g/mol. The summed E-state index contributed by atoms with van der Waals surface area (Å²) in [5, 5.41) is 3.51. The summed E-state index contributed by atoms with van der Waals surface area (Å²) in [5.74, 6) is -0.556. The first-order chi connectivity index (χ1) is 8.52. The van der Waals surface area contributed by atoms with Crippen LogP contribution >= 0.6 is 11.6 Å². The maximum atomic E-state index is 11.5. The number of hydrogen-bond donors (Lipinski definition) is 1. The Morgan fingerprint density at radius 1 is 1.61 bits per heavy atom. The average molecular weight is 266 g/mol. The van der Waals surface area contributed by atoms with Crippen LogP contribution < -0.4 is 5.73 Å². The Morgan fingerprint density at radius 3 is 2.89 bits per heavy atom. The molecular formula is C9H8BClN4O3. The lowest BCUT2D eigenvalue weighted by Crippen LogP contribution is -2.14. The third-order valence-electron chi connectivity index (χ3n) is 2.25. The first-order valence-corrected chi connectivity index (χ1v) is 5.30. The lowest BCUT2D eigenvalue weighted by atomic mass is 9.96. The van der Waals surface area contributed by atoms with E-state index < -0.39 is 12.1 Å². The molecule has 2 heterocycles. The van der Waals surface area contributed by atoms with Crippen LogP contribution in [0, 0.1) is 0 Å². The van der Waals surface area contributed by atoms with Crippen LogP contribution in [0.3, 0.4) is 0 Å². The van der Waals surface area contributed by atoms with E-state index in [0.29, 0.717) is 12.0 Å². The molecule has 1 aromatic rings. The SMILES string of the molecule is [B]C1=NOC(c2nc(N)c(Cl)c(C(=O)OC)n2)C1. The molecule has 18 heavy (non-hydrogen) atoms. The minimum atomic E-state index is -0.706. The number of nitrogen functional groups attached to an aromatic ring is 1. The Morgan fingerprint density at radius 2 is 2.33 bits per heavy atom. The Bertz CT molecular complexity index is 537. The molecule has 2 rings (SSSR count). The molecule has 7 nitrogen and oxygen atoms in total. The number of nitrogens with two attached hydrogens (primary N) is 1. The van der Waals surface area contributed by atoms with Gasteiger partial charge in [0.05, 0.1) is 7.11 Å². The first-order valence-electron chi connectivity index (χ1n) is 4.92. The third kappa shape index (κ3) is 2.24. The van der Waals surface area contributed by atoms with Gasteiger partial charge in [0.1, 0.15) is 18.7 Å². The molecular weight excluding hydrogens is 258 g/mol. The van der Waals surface area contributed by atoms with E-state index in [2.05, 4.69) is 19.9 Å². The number of anilines is 1. The van der Waals surface area contributed by atoms with Gasteiger partial charge in [-0.3, -0.25) is 0 Å². The van der Waals surface area contributed by atoms with Gasteiger partial charge in [0.15, 0.2) is 17.6 Å². The van der Waals surface area contributed by atoms with E-state index in [-0.39, 0.29) is 22.4 Å². The van der Waals surface area contributed by atoms with E-state index >= 15 is 0 Å². The van der Waals surface area contributed by atoms with Crippen molar-refractivity contribution >= 4 is 36.8 Å². The standard InChI is InChI=1S/C9H8BClN4O3/c1-17-9(16)6-5(11)7(12)14-8(13-6)3-2-4(10)15-18-3/h3H,2H2,1H3,(H2,12,13,14). The van der Waals surface area contributed by atoms with Crippen LogP contribution in [0.4, 0.5) is 5.82 Å². The van der Waals surface area contributed by atoms with Crippen molar-refractivity contribution in [3.05, 3.63) is 16.5 Å². The van der Waals surface area contributed by atoms with Gasteiger partial charge in [0.2, 0.25) is 0 Å². The van der Waals surface area contributed by atoms with Crippen molar-refractivity contribution < 1.29 is 14.4 Å². The summed E-state index contributed by atoms with van der Waals surface area (Å²) >= 11 is 5.83. The molecule has 0 spiro atoms. The number of oxime groups is 1. The van der Waals surface area contributed by atoms with Gasteiger partial charge in [-0.15, -0.1) is 5.16 Å². The molecule has 0 amide bonds. The molecule has 1 aliphatic heterocycles. The number of nitrogens with zero attached hydrogens (tertiary/aromatic N) is 3. The number of carbonyl (C=O) groups is 1. The molecule has 1 unspecified atom stereocenters. The van der Waals surface area contributed by atoms with Crippen molar-refractivity contribution in [2.45, 2.75) is 12.5 Å². The number of esters is 1. The van der Waals surface area contributed by atoms with Crippen LogP contribution in [0.25, 0.3) is 0 Å². The smallest absolute Gasteiger partial charge is 0.358 e. The number of ether oxygens (including phenoxy) is 1. The van der Waals surface area contributed by atoms with Crippen LogP contribution in [0.2, 0.25) is 5.02 Å². The molecule has 1 atom stereocenters. The van der Waals surface area contributed by atoms with Crippen LogP contribution in [0.5, 0.6) is 0 Å². The van der Waals surface area contributed by atoms with Crippen LogP contribution in [-0.4, -0.2) is 36.5 Å². The molecule has 0 aliphatic carbocycles. The molecule has 0 saturated carbocycles. The van der Waals surface area contributed by atoms with E-state index in [1.807, 2.05) is 0 Å². The summed E-state index contributed by atoms with van der Waals surface area (Å²) in [6.45, 7) is 0. The molecule has 2 N–H and O–H groups in total. The third-order valence-corrected chi connectivity index (χ3v) is 2.63. The van der Waals surface area contributed by atoms with Gasteiger partial charge < -0.3 is 15.3 Å². The Balaban J connectivity index is 2.38. The number of carbonyl (C=O) groups excluding carboxylic acids is 1. The number of methoxy groups -OCH3 is 1. The predicted molar refractivity (Wildman–Crippen MR) is 64.4 cm³/mol. The van der Waals surface area contributed by atoms with Crippen molar-refractivity contribution in [1.82, 2.24) is 9.97 Å². The second kappa shape index (κ2) is 4.81. The number of aromatic nitrogens is 2. The Kier molecular flexibility index (Phi) is 3.37. The zero-order chi connectivity index (χ0) is 13.3. The fourth-order valence-corrected chi connectivity index (χ4v) is 1.55. The number of halogens is 1. The predicted octanol–water partition coefficient (Wildman–Crippen LogP) is 0.442. The summed E-state index contributed by atoms with van der Waals surface area (Å²) in [4.78, 5) is 24.4. The normalized spacial score (nSPS) is 18.1. The minimum Gasteiger partial charge on any atom is -0.464 e. The van der Waals surface area contributed by atoms with E-state index in [1.54, 1.807) is 0 Å². The summed E-state index contributed by atoms with van der Waals surface area (Å²) in [6.07, 6.45) is -0.255. The van der Waals surface area contributed by atoms with Crippen molar-refractivity contribution in [3.63, 3.8) is 0 Å². The fraction of sp³-hybridized carbons (Fsp3) is 0.333. The highest BCUT2D eigenvalue weighted by Crippen LogP contribution is 2.28. The number of hydrogen-bond acceptors (Lipinski definition) is 7. The quantitative estimate of drug-likeness (QED) is 0.616. The van der Waals surface area contributed by atoms with Gasteiger partial charge in [-0.25, -0.2) is 14.8 Å². The second-order valence-electron chi connectivity index (χ2n) is 3.50. The summed E-state index contributed by atoms with van der Waals surface area (Å²) in [5.41, 5.74) is 5.80. The van der Waals surface area contributed by atoms with Gasteiger partial charge in [-0.1, -0.05) is 11.6 Å². The molecule has 92 valence electrons. The van der Waals surface area contributed by atoms with Gasteiger partial charge >= 0.3 is 5.97 Å². The molecule has 1 aromatic heterocycles. The van der Waals surface area contributed by atoms with Crippen molar-refractivity contribution in [2.24, 2.45) is 5.16 Å². The second-order valence-corrected chi connectivity index (χ2v) is 3.88. The molecule has 2 radical (unpaired) electrons. The number of rotatable bonds is 2. The van der Waals surface area contributed by atoms with Gasteiger partial charge in [-0.2, -0.15) is 0 Å². The molecule has 1 aliphatic rings. The van der Waals surface area contributed by atoms with Crippen LogP contribution in [-0.2, 0) is 9.57 Å². The van der Waals surface area contributed by atoms with Gasteiger partial charge in [0, 0.05) is 12.0 Å². The Labute approximate surface area is 109 Å². The Hall–Kier alpha value is -1.83. The molecule has 0 saturated heterocycles. The summed E-state index contributed by atoms with van der Waals surface area (Å²) in [7, 11) is 6.69. The maximum absolute atomic E-state index is 11.5. The van der Waals surface area contributed by atoms with Crippen molar-refractivity contribution in [1.29, 1.82) is 0 Å². The topological polar surface area (TPSA) is 99.7 Å². The molecule has 0 aromatic carbocycles. The highest BCUT2D eigenvalue weighted by atomic mass is 35.5. The molecule has 0 bridgehead atoms. The highest BCUT2D eigenvalue weighted by Gasteiger charge is 2.26. The van der Waals surface area contributed by atoms with E-state index in [9.17, 15) is 4.79 Å². The van der Waals surface area contributed by atoms with Crippen molar-refractivity contribution in [3.8, 4) is 0 Å². The summed E-state index contributed by atoms with van der Waals surface area (Å²) < 4.78 is 4.55. The maximum Gasteiger partial charge on any atom is 0.358 e. The molecule has 0 fully saturated rings. The fourth-order valence-electron chi connectivity index (χ4n) is 1.39. The zero-order valence-electron chi connectivity index (χ0n) is 9.38. The molecule has 9 heteroatoms. The largest absolute Gasteiger partial charge is 0.464 e. The first kappa shape index (κ1) is 12.6. The zero-order valence-corrected chi connectivity index (χ0v) is 10.1. The van der Waals surface area contributed by atoms with Crippen LogP contribution in [0.1, 0.15) is 28.8 Å². The summed E-state index contributed by atoms with van der Waals surface area (Å²) in [6, 6.07) is 0. The van der Waals surface area contributed by atoms with Crippen LogP contribution in [0.15, 0.2) is 5.16 Å². The van der Waals surface area contributed by atoms with E-state index in [4.69, 9.17) is 30.0 Å². The van der Waals surface area contributed by atoms with Gasteiger partial charge in [0.25, 0.3) is 0 Å². The van der Waals surface area contributed by atoms with Gasteiger partial charge in [-0.05, 0) is 0 Å². The van der Waals surface area contributed by atoms with Crippen molar-refractivity contribution in [2.75, 3.05) is 12.8 Å².